The summed E-state index contributed by atoms with van der Waals surface area (Å²) in [5, 5.41) is 33.5. The van der Waals surface area contributed by atoms with Crippen LogP contribution in [0.2, 0.25) is 0 Å². The number of guanidine groups is 1. The van der Waals surface area contributed by atoms with Crippen LogP contribution in [0, 0.1) is 0 Å². The van der Waals surface area contributed by atoms with Gasteiger partial charge in [-0.05, 0) is 31.4 Å². The van der Waals surface area contributed by atoms with Gasteiger partial charge < -0.3 is 41.5 Å². The van der Waals surface area contributed by atoms with Crippen LogP contribution in [0.1, 0.15) is 48.9 Å². The second kappa shape index (κ2) is 13.3. The van der Waals surface area contributed by atoms with E-state index in [1.54, 1.807) is 0 Å². The molecule has 0 unspecified atom stereocenters. The van der Waals surface area contributed by atoms with Crippen molar-refractivity contribution in [3.05, 3.63) is 23.8 Å². The largest absolute Gasteiger partial charge is 0.507 e. The van der Waals surface area contributed by atoms with Gasteiger partial charge in [-0.2, -0.15) is 0 Å². The van der Waals surface area contributed by atoms with Crippen molar-refractivity contribution in [2.45, 2.75) is 50.6 Å². The summed E-state index contributed by atoms with van der Waals surface area (Å²) < 4.78 is 5.58. The van der Waals surface area contributed by atoms with Crippen molar-refractivity contribution in [1.82, 2.24) is 26.6 Å². The van der Waals surface area contributed by atoms with Gasteiger partial charge in [-0.1, -0.05) is 19.3 Å². The van der Waals surface area contributed by atoms with Gasteiger partial charge in [0.15, 0.2) is 5.96 Å². The summed E-state index contributed by atoms with van der Waals surface area (Å²) in [5.41, 5.74) is -0.0352. The number of aliphatic imine (C=N–C) groups is 1. The zero-order chi connectivity index (χ0) is 25.0. The summed E-state index contributed by atoms with van der Waals surface area (Å²) in [6.45, 7) is 2.15. The predicted octanol–water partition coefficient (Wildman–Crippen LogP) is 0.525. The summed E-state index contributed by atoms with van der Waals surface area (Å²) in [5.74, 6) is -1.14. The molecule has 1 fully saturated rings. The molecule has 1 heterocycles. The Balaban J connectivity index is 1.43. The van der Waals surface area contributed by atoms with Crippen LogP contribution in [0.25, 0.3) is 0 Å². The standard InChI is InChI=1S/C23H34N6O6/c30-19-13-16(35-12-11-26-22-24-9-4-10-25-22)7-8-17(19)20(31)27-14-18(21(32)33)29-23(34)28-15-5-2-1-3-6-15/h7-8,13,15,18,30H,1-6,9-12,14H2,(H,27,31)(H,32,33)(H2,24,25,26)(H2,28,29,34)/t18-/m0/s1. The van der Waals surface area contributed by atoms with Crippen molar-refractivity contribution in [3.63, 3.8) is 0 Å². The number of rotatable bonds is 10. The quantitative estimate of drug-likeness (QED) is 0.233. The van der Waals surface area contributed by atoms with Crippen molar-refractivity contribution in [1.29, 1.82) is 0 Å². The van der Waals surface area contributed by atoms with Gasteiger partial charge in [-0.3, -0.25) is 9.79 Å². The van der Waals surface area contributed by atoms with E-state index >= 15 is 0 Å². The van der Waals surface area contributed by atoms with Gasteiger partial charge in [0.05, 0.1) is 12.1 Å². The highest BCUT2D eigenvalue weighted by Crippen LogP contribution is 2.23. The number of hydrogen-bond donors (Lipinski definition) is 7. The van der Waals surface area contributed by atoms with E-state index in [0.717, 1.165) is 57.6 Å². The lowest BCUT2D eigenvalue weighted by Gasteiger charge is -2.24. The highest BCUT2D eigenvalue weighted by atomic mass is 16.5. The zero-order valence-corrected chi connectivity index (χ0v) is 19.6. The first kappa shape index (κ1) is 25.9. The average Bonchev–Trinajstić information content (AvgIpc) is 2.85. The number of nitrogens with zero attached hydrogens (tertiary/aromatic N) is 1. The number of carbonyl (C=O) groups excluding carboxylic acids is 2. The van der Waals surface area contributed by atoms with E-state index < -0.39 is 23.9 Å². The van der Waals surface area contributed by atoms with Crippen molar-refractivity contribution < 1.29 is 29.3 Å². The molecule has 35 heavy (non-hydrogen) atoms. The normalized spacial score (nSPS) is 16.7. The van der Waals surface area contributed by atoms with Crippen molar-refractivity contribution >= 4 is 23.9 Å². The third kappa shape index (κ3) is 8.54. The molecule has 12 nitrogen and oxygen atoms in total. The Labute approximate surface area is 203 Å². The SMILES string of the molecule is O=C(NC1CCCCC1)N[C@@H](CNC(=O)c1ccc(OCCNC2=NCCCN2)cc1O)C(=O)O. The Bertz CT molecular complexity index is 918. The molecule has 0 radical (unpaired) electrons. The predicted molar refractivity (Wildman–Crippen MR) is 129 cm³/mol. The van der Waals surface area contributed by atoms with Crippen LogP contribution in [0.4, 0.5) is 4.79 Å². The minimum atomic E-state index is -1.32. The number of carbonyl (C=O) groups is 3. The molecule has 1 aromatic rings. The fourth-order valence-electron chi connectivity index (χ4n) is 3.90. The second-order valence-corrected chi connectivity index (χ2v) is 8.52. The van der Waals surface area contributed by atoms with E-state index in [4.69, 9.17) is 4.74 Å². The van der Waals surface area contributed by atoms with E-state index in [0.29, 0.717) is 18.9 Å². The Morgan fingerprint density at radius 1 is 1.17 bits per heavy atom. The maximum Gasteiger partial charge on any atom is 0.328 e. The fraction of sp³-hybridized carbons (Fsp3) is 0.565. The lowest BCUT2D eigenvalue weighted by Crippen LogP contribution is -2.53. The highest BCUT2D eigenvalue weighted by Gasteiger charge is 2.23. The van der Waals surface area contributed by atoms with E-state index in [9.17, 15) is 24.6 Å². The Morgan fingerprint density at radius 2 is 1.97 bits per heavy atom. The number of urea groups is 1. The number of amides is 3. The fourth-order valence-corrected chi connectivity index (χ4v) is 3.90. The maximum atomic E-state index is 12.5. The van der Waals surface area contributed by atoms with Crippen LogP contribution >= 0.6 is 0 Å². The van der Waals surface area contributed by atoms with E-state index in [1.165, 1.54) is 18.2 Å². The third-order valence-corrected chi connectivity index (χ3v) is 5.78. The Kier molecular flexibility index (Phi) is 9.81. The zero-order valence-electron chi connectivity index (χ0n) is 19.6. The number of nitrogens with one attached hydrogen (secondary N) is 5. The third-order valence-electron chi connectivity index (χ3n) is 5.78. The Hall–Kier alpha value is -3.70. The van der Waals surface area contributed by atoms with Crippen molar-refractivity contribution in [2.24, 2.45) is 4.99 Å². The number of phenolic OH excluding ortho intramolecular Hbond substituents is 1. The second-order valence-electron chi connectivity index (χ2n) is 8.52. The Morgan fingerprint density at radius 3 is 2.66 bits per heavy atom. The summed E-state index contributed by atoms with van der Waals surface area (Å²) in [6, 6.07) is 2.37. The monoisotopic (exact) mass is 490 g/mol. The van der Waals surface area contributed by atoms with Crippen molar-refractivity contribution in [3.8, 4) is 11.5 Å². The minimum absolute atomic E-state index is 0.0268. The van der Waals surface area contributed by atoms with Gasteiger partial charge >= 0.3 is 12.0 Å². The van der Waals surface area contributed by atoms with Crippen LogP contribution in [0.5, 0.6) is 11.5 Å². The number of carboxylic acid groups (broad SMARTS) is 1. The highest BCUT2D eigenvalue weighted by molar-refractivity contribution is 5.97. The van der Waals surface area contributed by atoms with Crippen LogP contribution < -0.4 is 31.3 Å². The first-order valence-electron chi connectivity index (χ1n) is 12.0. The summed E-state index contributed by atoms with van der Waals surface area (Å²) in [6.07, 6.45) is 5.92. The molecule has 192 valence electrons. The van der Waals surface area contributed by atoms with Crippen LogP contribution in [0.15, 0.2) is 23.2 Å². The molecular formula is C23H34N6O6. The van der Waals surface area contributed by atoms with Gasteiger partial charge in [-0.25, -0.2) is 9.59 Å². The van der Waals surface area contributed by atoms with E-state index in [-0.39, 0.29) is 23.9 Å². The van der Waals surface area contributed by atoms with Crippen LogP contribution in [-0.2, 0) is 4.79 Å². The molecule has 0 bridgehead atoms. The lowest BCUT2D eigenvalue weighted by molar-refractivity contribution is -0.139. The molecule has 3 amide bonds. The van der Waals surface area contributed by atoms with E-state index in [2.05, 4.69) is 31.6 Å². The number of hydrogen-bond acceptors (Lipinski definition) is 8. The number of phenols is 1. The summed E-state index contributed by atoms with van der Waals surface area (Å²) >= 11 is 0. The molecule has 3 rings (SSSR count). The van der Waals surface area contributed by atoms with Gasteiger partial charge in [0.2, 0.25) is 0 Å². The topological polar surface area (TPSA) is 173 Å². The van der Waals surface area contributed by atoms with Crippen LogP contribution in [-0.4, -0.2) is 78.9 Å². The lowest BCUT2D eigenvalue weighted by atomic mass is 9.96. The number of aliphatic carboxylic acids is 1. The number of benzene rings is 1. The van der Waals surface area contributed by atoms with E-state index in [1.807, 2.05) is 0 Å². The van der Waals surface area contributed by atoms with Gasteiger partial charge in [0, 0.05) is 31.7 Å². The van der Waals surface area contributed by atoms with Gasteiger partial charge in [-0.15, -0.1) is 0 Å². The number of ether oxygens (including phenoxy) is 1. The molecule has 1 aliphatic heterocycles. The molecular weight excluding hydrogens is 456 g/mol. The molecule has 1 aliphatic carbocycles. The molecule has 1 atom stereocenters. The first-order chi connectivity index (χ1) is 16.9. The molecule has 1 saturated carbocycles. The maximum absolute atomic E-state index is 12.5. The molecule has 1 aromatic carbocycles. The van der Waals surface area contributed by atoms with Gasteiger partial charge in [0.1, 0.15) is 24.1 Å². The molecule has 0 spiro atoms. The van der Waals surface area contributed by atoms with Gasteiger partial charge in [0.25, 0.3) is 5.91 Å². The number of aromatic hydroxyl groups is 1. The van der Waals surface area contributed by atoms with Crippen molar-refractivity contribution in [2.75, 3.05) is 32.8 Å². The summed E-state index contributed by atoms with van der Waals surface area (Å²) in [7, 11) is 0. The van der Waals surface area contributed by atoms with Crippen LogP contribution in [0.3, 0.4) is 0 Å². The molecule has 2 aliphatic rings. The number of carboxylic acids is 1. The molecule has 7 N–H and O–H groups in total. The minimum Gasteiger partial charge on any atom is -0.507 e. The molecule has 0 saturated heterocycles. The molecule has 0 aromatic heterocycles. The summed E-state index contributed by atoms with van der Waals surface area (Å²) in [4.78, 5) is 40.5. The average molecular weight is 491 g/mol. The molecule has 12 heteroatoms. The first-order valence-corrected chi connectivity index (χ1v) is 12.0. The smallest absolute Gasteiger partial charge is 0.328 e.